The molecule has 1 aliphatic carbocycles. The van der Waals surface area contributed by atoms with Gasteiger partial charge in [0.1, 0.15) is 0 Å². The number of nitrogens with one attached hydrogen (secondary N) is 1. The Labute approximate surface area is 123 Å². The van der Waals surface area contributed by atoms with Gasteiger partial charge < -0.3 is 15.0 Å². The Balaban J connectivity index is 1.59. The van der Waals surface area contributed by atoms with Crippen molar-refractivity contribution >= 4 is 5.96 Å². The van der Waals surface area contributed by atoms with Gasteiger partial charge in [-0.15, -0.1) is 0 Å². The molecule has 1 spiro atoms. The van der Waals surface area contributed by atoms with Gasteiger partial charge >= 0.3 is 0 Å². The largest absolute Gasteiger partial charge is 0.381 e. The number of aliphatic imine (C=N–C) groups is 1. The highest BCUT2D eigenvalue weighted by molar-refractivity contribution is 5.80. The Hall–Kier alpha value is -0.770. The second-order valence-corrected chi connectivity index (χ2v) is 6.82. The first-order valence-electron chi connectivity index (χ1n) is 8.42. The van der Waals surface area contributed by atoms with E-state index >= 15 is 0 Å². The summed E-state index contributed by atoms with van der Waals surface area (Å²) < 4.78 is 5.62. The maximum atomic E-state index is 5.62. The topological polar surface area (TPSA) is 36.9 Å². The molecule has 3 aliphatic rings. The van der Waals surface area contributed by atoms with E-state index in [1.807, 2.05) is 0 Å². The molecular weight excluding hydrogens is 250 g/mol. The van der Waals surface area contributed by atoms with Gasteiger partial charge in [0, 0.05) is 38.2 Å². The van der Waals surface area contributed by atoms with Gasteiger partial charge in [-0.05, 0) is 38.5 Å². The molecule has 2 aliphatic heterocycles. The molecule has 4 heteroatoms. The Morgan fingerprint density at radius 1 is 1.35 bits per heavy atom. The van der Waals surface area contributed by atoms with Crippen LogP contribution in [0.2, 0.25) is 0 Å². The highest BCUT2D eigenvalue weighted by Crippen LogP contribution is 2.38. The fraction of sp³-hybridized carbons (Fsp3) is 0.938. The first-order valence-corrected chi connectivity index (χ1v) is 8.42. The average Bonchev–Trinajstić information content (AvgIpc) is 3.18. The third-order valence-corrected chi connectivity index (χ3v) is 5.23. The molecule has 2 heterocycles. The van der Waals surface area contributed by atoms with Crippen molar-refractivity contribution in [2.75, 3.05) is 39.4 Å². The maximum absolute atomic E-state index is 5.62. The minimum absolute atomic E-state index is 0.420. The van der Waals surface area contributed by atoms with Gasteiger partial charge in [0.2, 0.25) is 0 Å². The molecule has 0 aromatic carbocycles. The van der Waals surface area contributed by atoms with Crippen LogP contribution in [0.15, 0.2) is 4.99 Å². The van der Waals surface area contributed by atoms with Gasteiger partial charge in [0.05, 0.1) is 6.61 Å². The number of likely N-dealkylation sites (tertiary alicyclic amines) is 1. The smallest absolute Gasteiger partial charge is 0.193 e. The lowest BCUT2D eigenvalue weighted by Crippen LogP contribution is -2.41. The fourth-order valence-corrected chi connectivity index (χ4v) is 3.92. The van der Waals surface area contributed by atoms with Gasteiger partial charge in [-0.25, -0.2) is 0 Å². The third-order valence-electron chi connectivity index (χ3n) is 5.23. The van der Waals surface area contributed by atoms with Crippen molar-refractivity contribution in [1.82, 2.24) is 10.2 Å². The molecule has 0 amide bonds. The quantitative estimate of drug-likeness (QED) is 0.636. The van der Waals surface area contributed by atoms with E-state index in [1.54, 1.807) is 0 Å². The van der Waals surface area contributed by atoms with Gasteiger partial charge in [-0.2, -0.15) is 0 Å². The van der Waals surface area contributed by atoms with Crippen LogP contribution in [0.4, 0.5) is 0 Å². The van der Waals surface area contributed by atoms with Gasteiger partial charge in [0.15, 0.2) is 5.96 Å². The minimum atomic E-state index is 0.420. The molecule has 4 nitrogen and oxygen atoms in total. The predicted molar refractivity (Wildman–Crippen MR) is 82.0 cm³/mol. The molecule has 114 valence electrons. The minimum Gasteiger partial charge on any atom is -0.381 e. The van der Waals surface area contributed by atoms with Gasteiger partial charge in [0.25, 0.3) is 0 Å². The second kappa shape index (κ2) is 6.33. The molecule has 1 N–H and O–H groups in total. The van der Waals surface area contributed by atoms with Crippen LogP contribution >= 0.6 is 0 Å². The Bertz CT molecular complexity index is 344. The van der Waals surface area contributed by atoms with E-state index in [0.29, 0.717) is 5.41 Å². The van der Waals surface area contributed by atoms with Crippen LogP contribution in [0.1, 0.15) is 45.4 Å². The molecule has 1 saturated carbocycles. The van der Waals surface area contributed by atoms with Gasteiger partial charge in [-0.3, -0.25) is 4.99 Å². The summed E-state index contributed by atoms with van der Waals surface area (Å²) in [5.41, 5.74) is 0.420. The second-order valence-electron chi connectivity index (χ2n) is 6.82. The summed E-state index contributed by atoms with van der Waals surface area (Å²) in [5.74, 6) is 1.97. The number of rotatable bonds is 3. The monoisotopic (exact) mass is 279 g/mol. The zero-order valence-electron chi connectivity index (χ0n) is 12.9. The average molecular weight is 279 g/mol. The highest BCUT2D eigenvalue weighted by Gasteiger charge is 2.42. The third kappa shape index (κ3) is 3.11. The molecule has 0 aromatic rings. The number of hydrogen-bond acceptors (Lipinski definition) is 2. The van der Waals surface area contributed by atoms with Crippen molar-refractivity contribution in [3.05, 3.63) is 0 Å². The van der Waals surface area contributed by atoms with Crippen LogP contribution < -0.4 is 5.32 Å². The zero-order chi connectivity index (χ0) is 13.8. The molecule has 1 atom stereocenters. The highest BCUT2D eigenvalue weighted by atomic mass is 16.5. The van der Waals surface area contributed by atoms with E-state index in [9.17, 15) is 0 Å². The van der Waals surface area contributed by atoms with Crippen molar-refractivity contribution in [3.8, 4) is 0 Å². The maximum Gasteiger partial charge on any atom is 0.193 e. The lowest BCUT2D eigenvalue weighted by Gasteiger charge is -2.25. The number of guanidine groups is 1. The SMILES string of the molecule is CCNC(=NCC1CCCC1)N1CCC2(CCOC2)C1. The lowest BCUT2D eigenvalue weighted by atomic mass is 9.87. The summed E-state index contributed by atoms with van der Waals surface area (Å²) in [6, 6.07) is 0. The van der Waals surface area contributed by atoms with Crippen molar-refractivity contribution in [1.29, 1.82) is 0 Å². The van der Waals surface area contributed by atoms with Crippen LogP contribution in [0.3, 0.4) is 0 Å². The number of nitrogens with zero attached hydrogens (tertiary/aromatic N) is 2. The van der Waals surface area contributed by atoms with E-state index in [-0.39, 0.29) is 0 Å². The first kappa shape index (κ1) is 14.2. The van der Waals surface area contributed by atoms with Gasteiger partial charge in [-0.1, -0.05) is 12.8 Å². The van der Waals surface area contributed by atoms with E-state index < -0.39 is 0 Å². The molecule has 0 radical (unpaired) electrons. The van der Waals surface area contributed by atoms with Crippen molar-refractivity contribution in [2.45, 2.75) is 45.4 Å². The number of hydrogen-bond donors (Lipinski definition) is 1. The molecule has 3 fully saturated rings. The lowest BCUT2D eigenvalue weighted by molar-refractivity contribution is 0.156. The van der Waals surface area contributed by atoms with Crippen LogP contribution in [0.25, 0.3) is 0 Å². The van der Waals surface area contributed by atoms with Crippen LogP contribution in [-0.4, -0.2) is 50.3 Å². The van der Waals surface area contributed by atoms with E-state index in [1.165, 1.54) is 38.5 Å². The van der Waals surface area contributed by atoms with E-state index in [2.05, 4.69) is 17.1 Å². The van der Waals surface area contributed by atoms with E-state index in [4.69, 9.17) is 9.73 Å². The van der Waals surface area contributed by atoms with E-state index in [0.717, 1.165) is 51.3 Å². The molecule has 1 unspecified atom stereocenters. The molecule has 2 saturated heterocycles. The summed E-state index contributed by atoms with van der Waals surface area (Å²) in [6.45, 7) is 8.31. The summed E-state index contributed by atoms with van der Waals surface area (Å²) >= 11 is 0. The van der Waals surface area contributed by atoms with Crippen molar-refractivity contribution in [3.63, 3.8) is 0 Å². The molecule has 3 rings (SSSR count). The molecule has 0 aromatic heterocycles. The van der Waals surface area contributed by atoms with Crippen molar-refractivity contribution in [2.24, 2.45) is 16.3 Å². The summed E-state index contributed by atoms with van der Waals surface area (Å²) in [7, 11) is 0. The molecular formula is C16H29N3O. The zero-order valence-corrected chi connectivity index (χ0v) is 12.9. The molecule has 20 heavy (non-hydrogen) atoms. The summed E-state index contributed by atoms with van der Waals surface area (Å²) in [5, 5.41) is 3.49. The standard InChI is InChI=1S/C16H29N3O/c1-2-17-15(18-11-14-5-3-4-6-14)19-9-7-16(12-19)8-10-20-13-16/h14H,2-13H2,1H3,(H,17,18). The Morgan fingerprint density at radius 2 is 2.20 bits per heavy atom. The fourth-order valence-electron chi connectivity index (χ4n) is 3.92. The number of ether oxygens (including phenoxy) is 1. The predicted octanol–water partition coefficient (Wildman–Crippen LogP) is 2.25. The summed E-state index contributed by atoms with van der Waals surface area (Å²) in [4.78, 5) is 7.39. The Kier molecular flexibility index (Phi) is 4.49. The first-order chi connectivity index (χ1) is 9.81. The Morgan fingerprint density at radius 3 is 2.90 bits per heavy atom. The van der Waals surface area contributed by atoms with Crippen LogP contribution in [0, 0.1) is 11.3 Å². The van der Waals surface area contributed by atoms with Crippen molar-refractivity contribution < 1.29 is 4.74 Å². The van der Waals surface area contributed by atoms with Crippen LogP contribution in [0.5, 0.6) is 0 Å². The normalized spacial score (nSPS) is 31.6. The van der Waals surface area contributed by atoms with Crippen LogP contribution in [-0.2, 0) is 4.74 Å². The summed E-state index contributed by atoms with van der Waals surface area (Å²) in [6.07, 6.45) is 8.05. The molecule has 0 bridgehead atoms.